The van der Waals surface area contributed by atoms with E-state index in [9.17, 15) is 14.4 Å². The molecule has 4 N–H and O–H groups in total. The highest BCUT2D eigenvalue weighted by Crippen LogP contribution is 2.03. The van der Waals surface area contributed by atoms with Gasteiger partial charge in [-0.2, -0.15) is 10.1 Å². The summed E-state index contributed by atoms with van der Waals surface area (Å²) in [5.41, 5.74) is 0. The van der Waals surface area contributed by atoms with Crippen LogP contribution in [0.3, 0.4) is 0 Å². The summed E-state index contributed by atoms with van der Waals surface area (Å²) < 4.78 is 1.31. The molecule has 0 spiro atoms. The molecule has 0 bridgehead atoms. The van der Waals surface area contributed by atoms with Crippen LogP contribution in [-0.4, -0.2) is 49.0 Å². The van der Waals surface area contributed by atoms with E-state index in [1.165, 1.54) is 11.0 Å². The quantitative estimate of drug-likeness (QED) is 0.535. The van der Waals surface area contributed by atoms with Gasteiger partial charge in [-0.15, -0.1) is 0 Å². The number of carboxylic acid groups (broad SMARTS) is 2. The van der Waals surface area contributed by atoms with Crippen LogP contribution in [-0.2, 0) is 16.6 Å². The minimum atomic E-state index is -1.23. The molecule has 10 heteroatoms. The van der Waals surface area contributed by atoms with Crippen LogP contribution in [0.25, 0.3) is 0 Å². The molecule has 10 nitrogen and oxygen atoms in total. The fraction of sp³-hybridized carbons (Fsp3) is 0.500. The van der Waals surface area contributed by atoms with Crippen LogP contribution in [0, 0.1) is 0 Å². The summed E-state index contributed by atoms with van der Waals surface area (Å²) in [4.78, 5) is 36.7. The lowest BCUT2D eigenvalue weighted by molar-refractivity contribution is -0.140. The molecule has 1 aromatic heterocycles. The Morgan fingerprint density at radius 1 is 1.40 bits per heavy atom. The van der Waals surface area contributed by atoms with Crippen molar-refractivity contribution < 1.29 is 24.6 Å². The molecule has 2 amide bonds. The number of nitrogens with zero attached hydrogens (tertiary/aromatic N) is 3. The third kappa shape index (κ3) is 4.92. The van der Waals surface area contributed by atoms with Crippen molar-refractivity contribution in [1.29, 1.82) is 0 Å². The maximum Gasteiger partial charge on any atom is 0.326 e. The van der Waals surface area contributed by atoms with E-state index in [2.05, 4.69) is 20.7 Å². The van der Waals surface area contributed by atoms with Crippen LogP contribution in [0.15, 0.2) is 6.33 Å². The van der Waals surface area contributed by atoms with Gasteiger partial charge in [0.2, 0.25) is 5.95 Å². The first-order valence-electron chi connectivity index (χ1n) is 5.76. The monoisotopic (exact) mass is 285 g/mol. The SMILES string of the molecule is Cn1ncnc1NC(=O)N[C@H](CCCC(=O)O)C(=O)O. The zero-order chi connectivity index (χ0) is 15.1. The number of urea groups is 1. The van der Waals surface area contributed by atoms with Crippen molar-refractivity contribution in [2.45, 2.75) is 25.3 Å². The van der Waals surface area contributed by atoms with Gasteiger partial charge in [-0.3, -0.25) is 10.1 Å². The molecule has 1 atom stereocenters. The summed E-state index contributed by atoms with van der Waals surface area (Å²) in [7, 11) is 1.56. The molecule has 0 radical (unpaired) electrons. The van der Waals surface area contributed by atoms with Crippen molar-refractivity contribution >= 4 is 23.9 Å². The lowest BCUT2D eigenvalue weighted by atomic mass is 10.1. The van der Waals surface area contributed by atoms with Crippen molar-refractivity contribution in [3.63, 3.8) is 0 Å². The number of aliphatic carboxylic acids is 2. The second-order valence-corrected chi connectivity index (χ2v) is 3.98. The van der Waals surface area contributed by atoms with E-state index in [4.69, 9.17) is 10.2 Å². The molecule has 1 aromatic rings. The molecule has 110 valence electrons. The van der Waals surface area contributed by atoms with Gasteiger partial charge in [-0.05, 0) is 12.8 Å². The standard InChI is InChI=1S/C10H15N5O5/c1-15-9(11-5-12-15)14-10(20)13-6(8(18)19)3-2-4-7(16)17/h5-6H,2-4H2,1H3,(H,16,17)(H,18,19)(H2,11,12,13,14,20)/t6-/m1/s1. The number of carboxylic acids is 2. The fourth-order valence-corrected chi connectivity index (χ4v) is 1.42. The number of hydrogen-bond donors (Lipinski definition) is 4. The van der Waals surface area contributed by atoms with E-state index in [0.29, 0.717) is 0 Å². The topological polar surface area (TPSA) is 146 Å². The molecule has 20 heavy (non-hydrogen) atoms. The van der Waals surface area contributed by atoms with Crippen LogP contribution in [0.5, 0.6) is 0 Å². The predicted octanol–water partition coefficient (Wildman–Crippen LogP) is -0.355. The molecule has 0 aliphatic rings. The van der Waals surface area contributed by atoms with Crippen molar-refractivity contribution in [2.75, 3.05) is 5.32 Å². The Bertz CT molecular complexity index is 500. The molecular weight excluding hydrogens is 270 g/mol. The number of anilines is 1. The normalized spacial score (nSPS) is 11.7. The van der Waals surface area contributed by atoms with Crippen LogP contribution in [0.2, 0.25) is 0 Å². The molecule has 0 saturated carbocycles. The Morgan fingerprint density at radius 2 is 2.10 bits per heavy atom. The second-order valence-electron chi connectivity index (χ2n) is 3.98. The molecule has 0 aliphatic heterocycles. The summed E-state index contributed by atoms with van der Waals surface area (Å²) in [6.07, 6.45) is 1.25. The van der Waals surface area contributed by atoms with E-state index in [-0.39, 0.29) is 25.2 Å². The predicted molar refractivity (Wildman–Crippen MR) is 66.1 cm³/mol. The first-order valence-corrected chi connectivity index (χ1v) is 5.76. The van der Waals surface area contributed by atoms with Gasteiger partial charge in [0.05, 0.1) is 0 Å². The lowest BCUT2D eigenvalue weighted by Gasteiger charge is -2.14. The molecule has 0 unspecified atom stereocenters. The third-order valence-electron chi connectivity index (χ3n) is 2.42. The van der Waals surface area contributed by atoms with Crippen molar-refractivity contribution in [3.8, 4) is 0 Å². The summed E-state index contributed by atoms with van der Waals surface area (Å²) >= 11 is 0. The second kappa shape index (κ2) is 7.07. The number of rotatable bonds is 7. The highest BCUT2D eigenvalue weighted by Gasteiger charge is 2.20. The van der Waals surface area contributed by atoms with Crippen LogP contribution in [0.4, 0.5) is 10.7 Å². The Hall–Kier alpha value is -2.65. The average Bonchev–Trinajstić information content (AvgIpc) is 2.73. The minimum Gasteiger partial charge on any atom is -0.481 e. The number of amides is 2. The zero-order valence-electron chi connectivity index (χ0n) is 10.7. The summed E-state index contributed by atoms with van der Waals surface area (Å²) in [5.74, 6) is -2.08. The van der Waals surface area contributed by atoms with Gasteiger partial charge >= 0.3 is 18.0 Å². The molecule has 0 fully saturated rings. The van der Waals surface area contributed by atoms with Crippen molar-refractivity contribution in [1.82, 2.24) is 20.1 Å². The highest BCUT2D eigenvalue weighted by atomic mass is 16.4. The summed E-state index contributed by atoms with van der Waals surface area (Å²) in [5, 5.41) is 25.7. The van der Waals surface area contributed by atoms with Crippen LogP contribution < -0.4 is 10.6 Å². The van der Waals surface area contributed by atoms with E-state index < -0.39 is 24.0 Å². The molecular formula is C10H15N5O5. The van der Waals surface area contributed by atoms with Crippen LogP contribution >= 0.6 is 0 Å². The Labute approximate surface area is 113 Å². The smallest absolute Gasteiger partial charge is 0.326 e. The van der Waals surface area contributed by atoms with Gasteiger partial charge in [0.15, 0.2) is 0 Å². The minimum absolute atomic E-state index is 0.0217. The van der Waals surface area contributed by atoms with Gasteiger partial charge < -0.3 is 15.5 Å². The number of nitrogens with one attached hydrogen (secondary N) is 2. The average molecular weight is 285 g/mol. The number of aromatic nitrogens is 3. The van der Waals surface area contributed by atoms with E-state index in [0.717, 1.165) is 0 Å². The van der Waals surface area contributed by atoms with Gasteiger partial charge in [0, 0.05) is 13.5 Å². The van der Waals surface area contributed by atoms with E-state index in [1.54, 1.807) is 7.05 Å². The highest BCUT2D eigenvalue weighted by molar-refractivity contribution is 5.90. The maximum atomic E-state index is 11.6. The third-order valence-corrected chi connectivity index (χ3v) is 2.42. The molecule has 0 saturated heterocycles. The fourth-order valence-electron chi connectivity index (χ4n) is 1.42. The van der Waals surface area contributed by atoms with Crippen molar-refractivity contribution in [3.05, 3.63) is 6.33 Å². The van der Waals surface area contributed by atoms with E-state index in [1.807, 2.05) is 0 Å². The number of carbonyl (C=O) groups is 3. The Kier molecular flexibility index (Phi) is 5.44. The largest absolute Gasteiger partial charge is 0.481 e. The lowest BCUT2D eigenvalue weighted by Crippen LogP contribution is -2.43. The number of aryl methyl sites for hydroxylation is 1. The van der Waals surface area contributed by atoms with Crippen LogP contribution in [0.1, 0.15) is 19.3 Å². The summed E-state index contributed by atoms with van der Waals surface area (Å²) in [6, 6.07) is -1.91. The molecule has 0 aliphatic carbocycles. The molecule has 1 rings (SSSR count). The van der Waals surface area contributed by atoms with E-state index >= 15 is 0 Å². The molecule has 0 aromatic carbocycles. The number of carbonyl (C=O) groups excluding carboxylic acids is 1. The number of hydrogen-bond acceptors (Lipinski definition) is 5. The maximum absolute atomic E-state index is 11.6. The molecule has 1 heterocycles. The van der Waals surface area contributed by atoms with Gasteiger partial charge in [-0.25, -0.2) is 14.3 Å². The van der Waals surface area contributed by atoms with Crippen molar-refractivity contribution in [2.24, 2.45) is 7.05 Å². The summed E-state index contributed by atoms with van der Waals surface area (Å²) in [6.45, 7) is 0. The Balaban J connectivity index is 2.48. The Morgan fingerprint density at radius 3 is 2.60 bits per heavy atom. The van der Waals surface area contributed by atoms with Gasteiger partial charge in [0.25, 0.3) is 0 Å². The zero-order valence-corrected chi connectivity index (χ0v) is 10.7. The first-order chi connectivity index (χ1) is 9.40. The van der Waals surface area contributed by atoms with Gasteiger partial charge in [0.1, 0.15) is 12.4 Å². The van der Waals surface area contributed by atoms with Gasteiger partial charge in [-0.1, -0.05) is 0 Å². The first kappa shape index (κ1) is 15.4.